The Kier molecular flexibility index (Phi) is 5.74. The van der Waals surface area contributed by atoms with Gasteiger partial charge in [-0.25, -0.2) is 5.84 Å². The van der Waals surface area contributed by atoms with Gasteiger partial charge in [0, 0.05) is 12.6 Å². The molecule has 0 saturated heterocycles. The van der Waals surface area contributed by atoms with Crippen molar-refractivity contribution in [3.63, 3.8) is 0 Å². The monoisotopic (exact) mass is 219 g/mol. The quantitative estimate of drug-likeness (QED) is 0.293. The summed E-state index contributed by atoms with van der Waals surface area (Å²) in [5, 5.41) is 9.19. The fraction of sp³-hybridized carbons (Fsp3) is 0.889. The molecule has 0 aromatic carbocycles. The number of carbonyl (C=O) groups is 1. The Morgan fingerprint density at radius 3 is 2.53 bits per heavy atom. The molecule has 1 atom stereocenters. The zero-order valence-corrected chi connectivity index (χ0v) is 9.78. The molecule has 0 rings (SSSR count). The zero-order chi connectivity index (χ0) is 12.1. The van der Waals surface area contributed by atoms with Gasteiger partial charge >= 0.3 is 0 Å². The first-order valence-electron chi connectivity index (χ1n) is 4.74. The first kappa shape index (κ1) is 14.3. The van der Waals surface area contributed by atoms with Crippen molar-refractivity contribution < 1.29 is 14.6 Å². The molecule has 0 radical (unpaired) electrons. The number of hydrazine groups is 1. The summed E-state index contributed by atoms with van der Waals surface area (Å²) in [5.41, 5.74) is 1.58. The second-order valence-corrected chi connectivity index (χ2v) is 4.06. The molecule has 0 spiro atoms. The van der Waals surface area contributed by atoms with Crippen molar-refractivity contribution in [1.82, 2.24) is 10.3 Å². The van der Waals surface area contributed by atoms with E-state index in [-0.39, 0.29) is 19.1 Å². The van der Waals surface area contributed by atoms with Crippen LogP contribution in [-0.4, -0.2) is 54.9 Å². The Labute approximate surface area is 90.3 Å². The average molecular weight is 219 g/mol. The number of likely N-dealkylation sites (N-methyl/N-ethyl adjacent to an activating group) is 1. The minimum atomic E-state index is -0.512. The SMILES string of the molecule is COCC(C(=O)NN)N(C)C(C)(C)CO. The Hall–Kier alpha value is -0.690. The third-order valence-corrected chi connectivity index (χ3v) is 2.58. The molecule has 15 heavy (non-hydrogen) atoms. The summed E-state index contributed by atoms with van der Waals surface area (Å²) in [7, 11) is 3.26. The van der Waals surface area contributed by atoms with E-state index in [0.717, 1.165) is 0 Å². The van der Waals surface area contributed by atoms with Gasteiger partial charge in [0.15, 0.2) is 0 Å². The van der Waals surface area contributed by atoms with Crippen LogP contribution in [0.2, 0.25) is 0 Å². The Morgan fingerprint density at radius 2 is 2.20 bits per heavy atom. The molecule has 90 valence electrons. The Bertz CT molecular complexity index is 209. The summed E-state index contributed by atoms with van der Waals surface area (Å²) >= 11 is 0. The van der Waals surface area contributed by atoms with Crippen molar-refractivity contribution in [2.24, 2.45) is 5.84 Å². The van der Waals surface area contributed by atoms with E-state index in [0.29, 0.717) is 0 Å². The number of amides is 1. The van der Waals surface area contributed by atoms with Gasteiger partial charge in [-0.2, -0.15) is 0 Å². The molecule has 0 aromatic heterocycles. The van der Waals surface area contributed by atoms with Crippen LogP contribution in [0.3, 0.4) is 0 Å². The number of carbonyl (C=O) groups excluding carboxylic acids is 1. The molecular weight excluding hydrogens is 198 g/mol. The van der Waals surface area contributed by atoms with Gasteiger partial charge in [0.05, 0.1) is 13.2 Å². The number of nitrogens with one attached hydrogen (secondary N) is 1. The maximum Gasteiger partial charge on any atom is 0.253 e. The highest BCUT2D eigenvalue weighted by atomic mass is 16.5. The van der Waals surface area contributed by atoms with E-state index >= 15 is 0 Å². The number of aliphatic hydroxyl groups is 1. The normalized spacial score (nSPS) is 14.1. The van der Waals surface area contributed by atoms with Crippen molar-refractivity contribution in [2.45, 2.75) is 25.4 Å². The first-order valence-corrected chi connectivity index (χ1v) is 4.74. The van der Waals surface area contributed by atoms with E-state index < -0.39 is 11.6 Å². The second-order valence-electron chi connectivity index (χ2n) is 4.06. The van der Waals surface area contributed by atoms with Crippen LogP contribution in [0.25, 0.3) is 0 Å². The number of aliphatic hydroxyl groups excluding tert-OH is 1. The van der Waals surface area contributed by atoms with Crippen molar-refractivity contribution in [3.05, 3.63) is 0 Å². The van der Waals surface area contributed by atoms with Crippen LogP contribution in [0.15, 0.2) is 0 Å². The van der Waals surface area contributed by atoms with E-state index in [2.05, 4.69) is 5.43 Å². The van der Waals surface area contributed by atoms with Crippen LogP contribution < -0.4 is 11.3 Å². The van der Waals surface area contributed by atoms with Gasteiger partial charge in [0.25, 0.3) is 5.91 Å². The van der Waals surface area contributed by atoms with Gasteiger partial charge < -0.3 is 9.84 Å². The van der Waals surface area contributed by atoms with Crippen molar-refractivity contribution in [3.8, 4) is 0 Å². The van der Waals surface area contributed by atoms with Crippen molar-refractivity contribution in [2.75, 3.05) is 27.4 Å². The molecule has 1 amide bonds. The number of methoxy groups -OCH3 is 1. The molecule has 1 unspecified atom stereocenters. The van der Waals surface area contributed by atoms with Gasteiger partial charge in [-0.15, -0.1) is 0 Å². The lowest BCUT2D eigenvalue weighted by Gasteiger charge is -2.38. The Morgan fingerprint density at radius 1 is 1.67 bits per heavy atom. The molecule has 0 aliphatic heterocycles. The summed E-state index contributed by atoms with van der Waals surface area (Å²) in [4.78, 5) is 13.2. The first-order chi connectivity index (χ1) is 6.90. The summed E-state index contributed by atoms with van der Waals surface area (Å²) < 4.78 is 4.95. The fourth-order valence-corrected chi connectivity index (χ4v) is 1.15. The van der Waals surface area contributed by atoms with Crippen LogP contribution in [0, 0.1) is 0 Å². The lowest BCUT2D eigenvalue weighted by Crippen LogP contribution is -2.58. The number of ether oxygens (including phenoxy) is 1. The van der Waals surface area contributed by atoms with Gasteiger partial charge in [-0.05, 0) is 20.9 Å². The number of hydrogen-bond acceptors (Lipinski definition) is 5. The number of nitrogens with zero attached hydrogens (tertiary/aromatic N) is 1. The minimum Gasteiger partial charge on any atom is -0.394 e. The number of hydrogen-bond donors (Lipinski definition) is 3. The maximum atomic E-state index is 11.5. The van der Waals surface area contributed by atoms with Crippen LogP contribution >= 0.6 is 0 Å². The molecule has 0 bridgehead atoms. The fourth-order valence-electron chi connectivity index (χ4n) is 1.15. The van der Waals surface area contributed by atoms with Gasteiger partial charge in [-0.1, -0.05) is 0 Å². The number of nitrogens with two attached hydrogens (primary N) is 1. The third kappa shape index (κ3) is 3.75. The number of rotatable bonds is 6. The summed E-state index contributed by atoms with van der Waals surface area (Å²) in [5.74, 6) is 4.75. The zero-order valence-electron chi connectivity index (χ0n) is 9.78. The van der Waals surface area contributed by atoms with E-state index in [9.17, 15) is 9.90 Å². The highest BCUT2D eigenvalue weighted by molar-refractivity contribution is 5.81. The lowest BCUT2D eigenvalue weighted by molar-refractivity contribution is -0.131. The van der Waals surface area contributed by atoms with Crippen LogP contribution in [-0.2, 0) is 9.53 Å². The predicted octanol–water partition coefficient (Wildman–Crippen LogP) is -1.31. The molecule has 0 aliphatic carbocycles. The van der Waals surface area contributed by atoms with E-state index in [1.807, 2.05) is 13.8 Å². The topological polar surface area (TPSA) is 87.8 Å². The molecule has 0 saturated carbocycles. The molecule has 6 nitrogen and oxygen atoms in total. The standard InChI is InChI=1S/C9H21N3O3/c1-9(2,6-13)12(3)7(5-15-4)8(14)11-10/h7,13H,5-6,10H2,1-4H3,(H,11,14). The van der Waals surface area contributed by atoms with Crippen molar-refractivity contribution in [1.29, 1.82) is 0 Å². The molecule has 0 fully saturated rings. The summed E-state index contributed by atoms with van der Waals surface area (Å²) in [6.45, 7) is 3.84. The largest absolute Gasteiger partial charge is 0.394 e. The second kappa shape index (κ2) is 6.02. The molecular formula is C9H21N3O3. The maximum absolute atomic E-state index is 11.5. The van der Waals surface area contributed by atoms with Crippen LogP contribution in [0.5, 0.6) is 0 Å². The summed E-state index contributed by atoms with van der Waals surface area (Å²) in [6.07, 6.45) is 0. The van der Waals surface area contributed by atoms with Gasteiger partial charge in [0.1, 0.15) is 6.04 Å². The third-order valence-electron chi connectivity index (χ3n) is 2.58. The lowest BCUT2D eigenvalue weighted by atomic mass is 10.0. The van der Waals surface area contributed by atoms with Gasteiger partial charge in [0.2, 0.25) is 0 Å². The average Bonchev–Trinajstić information content (AvgIpc) is 2.23. The Balaban J connectivity index is 4.68. The highest BCUT2D eigenvalue weighted by Gasteiger charge is 2.32. The van der Waals surface area contributed by atoms with Crippen LogP contribution in [0.1, 0.15) is 13.8 Å². The van der Waals surface area contributed by atoms with Gasteiger partial charge in [-0.3, -0.25) is 15.1 Å². The predicted molar refractivity (Wildman–Crippen MR) is 56.9 cm³/mol. The molecule has 6 heteroatoms. The smallest absolute Gasteiger partial charge is 0.253 e. The molecule has 0 heterocycles. The minimum absolute atomic E-state index is 0.0540. The molecule has 0 aromatic rings. The van der Waals surface area contributed by atoms with Crippen LogP contribution in [0.4, 0.5) is 0 Å². The van der Waals surface area contributed by atoms with Crippen molar-refractivity contribution >= 4 is 5.91 Å². The molecule has 0 aliphatic rings. The van der Waals surface area contributed by atoms with E-state index in [1.54, 1.807) is 11.9 Å². The van der Waals surface area contributed by atoms with E-state index in [4.69, 9.17) is 10.6 Å². The van der Waals surface area contributed by atoms with E-state index in [1.165, 1.54) is 7.11 Å². The highest BCUT2D eigenvalue weighted by Crippen LogP contribution is 2.15. The molecule has 4 N–H and O–H groups in total. The summed E-state index contributed by atoms with van der Waals surface area (Å²) in [6, 6.07) is -0.512.